The smallest absolute Gasteiger partial charge is 0.462 e. The summed E-state index contributed by atoms with van der Waals surface area (Å²) in [6.07, 6.45) is 13.3. The van der Waals surface area contributed by atoms with Gasteiger partial charge in [0, 0.05) is 12.8 Å². The summed E-state index contributed by atoms with van der Waals surface area (Å²) in [7, 11) is -4.57. The predicted octanol–water partition coefficient (Wildman–Crippen LogP) is 5.21. The van der Waals surface area contributed by atoms with E-state index in [-0.39, 0.29) is 19.4 Å². The Kier molecular flexibility index (Phi) is 23.4. The molecule has 0 spiro atoms. The SMILES string of the molecule is CCCCCCCCCCCCCC(=O)OC[C@H](COP(=O)(O)OC[C@@H](O)CO)OC(=O)CCCCC. The Morgan fingerprint density at radius 2 is 1.16 bits per heavy atom. The number of hydrogen-bond donors (Lipinski definition) is 3. The number of ether oxygens (including phenoxy) is 2. The van der Waals surface area contributed by atoms with E-state index in [1.165, 1.54) is 44.9 Å². The largest absolute Gasteiger partial charge is 0.472 e. The summed E-state index contributed by atoms with van der Waals surface area (Å²) in [6.45, 7) is 2.12. The Bertz CT molecular complexity index is 616. The van der Waals surface area contributed by atoms with Gasteiger partial charge in [-0.25, -0.2) is 4.57 Å². The maximum absolute atomic E-state index is 12.1. The number of unbranched alkanes of at least 4 members (excludes halogenated alkanes) is 12. The van der Waals surface area contributed by atoms with Crippen molar-refractivity contribution in [3.63, 3.8) is 0 Å². The Morgan fingerprint density at radius 3 is 1.73 bits per heavy atom. The van der Waals surface area contributed by atoms with E-state index in [1.54, 1.807) is 0 Å². The third-order valence-electron chi connectivity index (χ3n) is 5.76. The zero-order valence-corrected chi connectivity index (χ0v) is 23.8. The fourth-order valence-electron chi connectivity index (χ4n) is 3.52. The van der Waals surface area contributed by atoms with Gasteiger partial charge in [0.05, 0.1) is 19.8 Å². The quantitative estimate of drug-likeness (QED) is 0.0739. The topological polar surface area (TPSA) is 149 Å². The average molecular weight is 555 g/mol. The standard InChI is InChI=1S/C26H51O10P/c1-3-5-7-8-9-10-11-12-13-14-16-17-25(29)33-21-24(36-26(30)18-15-6-4-2)22-35-37(31,32)34-20-23(28)19-27/h23-24,27-28H,3-22H2,1-2H3,(H,31,32)/t23-,24+/m0/s1. The van der Waals surface area contributed by atoms with Crippen molar-refractivity contribution in [3.05, 3.63) is 0 Å². The van der Waals surface area contributed by atoms with Gasteiger partial charge in [0.2, 0.25) is 0 Å². The summed E-state index contributed by atoms with van der Waals surface area (Å²) in [4.78, 5) is 34.0. The first-order valence-electron chi connectivity index (χ1n) is 14.0. The molecule has 0 saturated carbocycles. The molecule has 0 aliphatic carbocycles. The molecule has 0 rings (SSSR count). The van der Waals surface area contributed by atoms with E-state index in [1.807, 2.05) is 6.92 Å². The first-order valence-corrected chi connectivity index (χ1v) is 15.5. The highest BCUT2D eigenvalue weighted by Crippen LogP contribution is 2.43. The number of esters is 2. The van der Waals surface area contributed by atoms with Crippen molar-refractivity contribution >= 4 is 19.8 Å². The van der Waals surface area contributed by atoms with Crippen LogP contribution >= 0.6 is 7.82 Å². The van der Waals surface area contributed by atoms with Crippen molar-refractivity contribution in [2.75, 3.05) is 26.4 Å². The number of rotatable bonds is 26. The fraction of sp³-hybridized carbons (Fsp3) is 0.923. The normalized spacial score (nSPS) is 14.6. The Balaban J connectivity index is 4.32. The minimum absolute atomic E-state index is 0.174. The van der Waals surface area contributed by atoms with Crippen molar-refractivity contribution in [2.24, 2.45) is 0 Å². The van der Waals surface area contributed by atoms with Gasteiger partial charge in [-0.3, -0.25) is 18.6 Å². The number of carbonyl (C=O) groups is 2. The number of phosphoric acid groups is 1. The average Bonchev–Trinajstić information content (AvgIpc) is 2.87. The molecule has 37 heavy (non-hydrogen) atoms. The summed E-state index contributed by atoms with van der Waals surface area (Å²) in [5.74, 6) is -0.953. The number of aliphatic hydroxyl groups is 2. The van der Waals surface area contributed by atoms with Gasteiger partial charge in [-0.05, 0) is 12.8 Å². The molecule has 0 amide bonds. The molecular formula is C26H51O10P. The van der Waals surface area contributed by atoms with Crippen molar-refractivity contribution in [1.29, 1.82) is 0 Å². The fourth-order valence-corrected chi connectivity index (χ4v) is 4.31. The van der Waals surface area contributed by atoms with Crippen LogP contribution in [0.25, 0.3) is 0 Å². The van der Waals surface area contributed by atoms with Gasteiger partial charge in [0.25, 0.3) is 0 Å². The highest BCUT2D eigenvalue weighted by atomic mass is 31.2. The molecule has 0 aromatic heterocycles. The Hall–Kier alpha value is -1.03. The van der Waals surface area contributed by atoms with Gasteiger partial charge in [-0.1, -0.05) is 90.9 Å². The zero-order valence-electron chi connectivity index (χ0n) is 22.9. The summed E-state index contributed by atoms with van der Waals surface area (Å²) in [5, 5.41) is 18.0. The molecule has 3 atom stereocenters. The first-order chi connectivity index (χ1) is 17.7. The van der Waals surface area contributed by atoms with E-state index < -0.39 is 51.8 Å². The molecule has 0 aromatic carbocycles. The maximum atomic E-state index is 12.1. The van der Waals surface area contributed by atoms with E-state index in [4.69, 9.17) is 19.1 Å². The maximum Gasteiger partial charge on any atom is 0.472 e. The van der Waals surface area contributed by atoms with Gasteiger partial charge in [0.1, 0.15) is 12.7 Å². The van der Waals surface area contributed by atoms with Gasteiger partial charge in [-0.2, -0.15) is 0 Å². The van der Waals surface area contributed by atoms with Crippen molar-refractivity contribution in [2.45, 2.75) is 129 Å². The van der Waals surface area contributed by atoms with Crippen LogP contribution in [0.15, 0.2) is 0 Å². The van der Waals surface area contributed by atoms with Gasteiger partial charge >= 0.3 is 19.8 Å². The lowest BCUT2D eigenvalue weighted by atomic mass is 10.1. The highest BCUT2D eigenvalue weighted by molar-refractivity contribution is 7.47. The Labute approximate surface area is 223 Å². The molecule has 10 nitrogen and oxygen atoms in total. The van der Waals surface area contributed by atoms with Gasteiger partial charge in [0.15, 0.2) is 6.10 Å². The molecular weight excluding hydrogens is 503 g/mol. The van der Waals surface area contributed by atoms with Crippen LogP contribution in [0.5, 0.6) is 0 Å². The number of carbonyl (C=O) groups excluding carboxylic acids is 2. The molecule has 0 aromatic rings. The van der Waals surface area contributed by atoms with Crippen LogP contribution in [-0.2, 0) is 32.7 Å². The van der Waals surface area contributed by atoms with Crippen LogP contribution in [0, 0.1) is 0 Å². The molecule has 0 aliphatic rings. The van der Waals surface area contributed by atoms with Crippen molar-refractivity contribution in [3.8, 4) is 0 Å². The van der Waals surface area contributed by atoms with Crippen LogP contribution in [0.1, 0.15) is 117 Å². The molecule has 0 aliphatic heterocycles. The van der Waals surface area contributed by atoms with Crippen LogP contribution in [0.2, 0.25) is 0 Å². The first kappa shape index (κ1) is 36.0. The van der Waals surface area contributed by atoms with E-state index in [0.717, 1.165) is 32.1 Å². The van der Waals surface area contributed by atoms with Crippen LogP contribution < -0.4 is 0 Å². The van der Waals surface area contributed by atoms with Gasteiger partial charge < -0.3 is 24.6 Å². The minimum Gasteiger partial charge on any atom is -0.462 e. The van der Waals surface area contributed by atoms with Crippen LogP contribution in [-0.4, -0.2) is 65.7 Å². The second kappa shape index (κ2) is 24.0. The van der Waals surface area contributed by atoms with Crippen molar-refractivity contribution in [1.82, 2.24) is 0 Å². The predicted molar refractivity (Wildman–Crippen MR) is 141 cm³/mol. The second-order valence-corrected chi connectivity index (χ2v) is 10.9. The summed E-state index contributed by atoms with van der Waals surface area (Å²) in [6, 6.07) is 0. The van der Waals surface area contributed by atoms with Crippen LogP contribution in [0.3, 0.4) is 0 Å². The summed E-state index contributed by atoms with van der Waals surface area (Å²) in [5.41, 5.74) is 0. The summed E-state index contributed by atoms with van der Waals surface area (Å²) >= 11 is 0. The molecule has 0 fully saturated rings. The lowest BCUT2D eigenvalue weighted by Gasteiger charge is -2.20. The third kappa shape index (κ3) is 23.8. The monoisotopic (exact) mass is 554 g/mol. The molecule has 11 heteroatoms. The lowest BCUT2D eigenvalue weighted by Crippen LogP contribution is -2.29. The molecule has 0 heterocycles. The molecule has 3 N–H and O–H groups in total. The highest BCUT2D eigenvalue weighted by Gasteiger charge is 2.27. The molecule has 0 saturated heterocycles. The molecule has 220 valence electrons. The lowest BCUT2D eigenvalue weighted by molar-refractivity contribution is -0.161. The Morgan fingerprint density at radius 1 is 0.703 bits per heavy atom. The molecule has 1 unspecified atom stereocenters. The summed E-state index contributed by atoms with van der Waals surface area (Å²) < 4.78 is 31.9. The number of aliphatic hydroxyl groups excluding tert-OH is 2. The van der Waals surface area contributed by atoms with Gasteiger partial charge in [-0.15, -0.1) is 0 Å². The number of hydrogen-bond acceptors (Lipinski definition) is 9. The molecule has 0 bridgehead atoms. The van der Waals surface area contributed by atoms with E-state index in [2.05, 4.69) is 11.4 Å². The van der Waals surface area contributed by atoms with Crippen LogP contribution in [0.4, 0.5) is 0 Å². The van der Waals surface area contributed by atoms with E-state index in [0.29, 0.717) is 12.8 Å². The van der Waals surface area contributed by atoms with E-state index >= 15 is 0 Å². The number of phosphoric ester groups is 1. The van der Waals surface area contributed by atoms with Crippen molar-refractivity contribution < 1.29 is 47.8 Å². The zero-order chi connectivity index (χ0) is 27.8. The minimum atomic E-state index is -4.57. The third-order valence-corrected chi connectivity index (χ3v) is 6.71. The molecule has 0 radical (unpaired) electrons. The van der Waals surface area contributed by atoms with E-state index in [9.17, 15) is 24.2 Å². The second-order valence-electron chi connectivity index (χ2n) is 9.43.